The molecule has 0 spiro atoms. The van der Waals surface area contributed by atoms with Crippen molar-refractivity contribution in [1.29, 1.82) is 0 Å². The van der Waals surface area contributed by atoms with E-state index in [1.54, 1.807) is 38.3 Å². The number of nitrogens with one attached hydrogen (secondary N) is 1. The number of ether oxygens (including phenoxy) is 3. The number of nitrogens with zero attached hydrogens (tertiary/aromatic N) is 4. The molecule has 46 heavy (non-hydrogen) atoms. The Morgan fingerprint density at radius 3 is 2.39 bits per heavy atom. The SMILES string of the molecule is COc1ccc(Cn2nnnc2C(=O)Nc2cc(OCCCOc3ccc(C(C)=O)c(O)c3CCC(F)(F)F)c(Cl)cc2C)cc1. The van der Waals surface area contributed by atoms with Crippen LogP contribution in [-0.2, 0) is 13.0 Å². The van der Waals surface area contributed by atoms with Crippen molar-refractivity contribution in [2.75, 3.05) is 25.6 Å². The van der Waals surface area contributed by atoms with Crippen LogP contribution in [0.25, 0.3) is 0 Å². The Bertz CT molecular complexity index is 1700. The van der Waals surface area contributed by atoms with Crippen LogP contribution in [0.3, 0.4) is 0 Å². The topological polar surface area (TPSA) is 138 Å². The number of ketones is 1. The van der Waals surface area contributed by atoms with Gasteiger partial charge in [-0.05, 0) is 72.2 Å². The number of anilines is 1. The molecule has 0 bridgehead atoms. The Balaban J connectivity index is 1.36. The summed E-state index contributed by atoms with van der Waals surface area (Å²) in [4.78, 5) is 24.9. The summed E-state index contributed by atoms with van der Waals surface area (Å²) in [7, 11) is 1.57. The molecule has 1 aromatic heterocycles. The molecule has 0 fully saturated rings. The summed E-state index contributed by atoms with van der Waals surface area (Å²) in [5.41, 5.74) is 1.74. The maximum atomic E-state index is 13.1. The van der Waals surface area contributed by atoms with Crippen LogP contribution in [0.15, 0.2) is 48.5 Å². The minimum atomic E-state index is -4.46. The van der Waals surface area contributed by atoms with E-state index >= 15 is 0 Å². The fraction of sp³-hybridized carbons (Fsp3) is 0.323. The first-order chi connectivity index (χ1) is 21.9. The molecule has 4 rings (SSSR count). The first kappa shape index (κ1) is 34.0. The number of benzene rings is 3. The van der Waals surface area contributed by atoms with Crippen molar-refractivity contribution < 1.29 is 42.1 Å². The van der Waals surface area contributed by atoms with Gasteiger partial charge in [0.2, 0.25) is 5.82 Å². The first-order valence-electron chi connectivity index (χ1n) is 14.0. The lowest BCUT2D eigenvalue weighted by molar-refractivity contribution is -0.134. The zero-order valence-corrected chi connectivity index (χ0v) is 25.9. The molecule has 0 saturated heterocycles. The van der Waals surface area contributed by atoms with Crippen LogP contribution in [0.4, 0.5) is 18.9 Å². The van der Waals surface area contributed by atoms with E-state index < -0.39 is 36.5 Å². The van der Waals surface area contributed by atoms with Gasteiger partial charge in [-0.15, -0.1) is 5.10 Å². The Kier molecular flexibility index (Phi) is 11.1. The van der Waals surface area contributed by atoms with Gasteiger partial charge in [-0.2, -0.15) is 13.2 Å². The van der Waals surface area contributed by atoms with Gasteiger partial charge in [0, 0.05) is 30.2 Å². The fourth-order valence-electron chi connectivity index (χ4n) is 4.42. The normalized spacial score (nSPS) is 11.3. The molecule has 0 saturated carbocycles. The second kappa shape index (κ2) is 15.0. The summed E-state index contributed by atoms with van der Waals surface area (Å²) in [6.45, 7) is 3.34. The van der Waals surface area contributed by atoms with E-state index in [9.17, 15) is 27.9 Å². The van der Waals surface area contributed by atoms with Crippen molar-refractivity contribution in [3.05, 3.63) is 81.6 Å². The van der Waals surface area contributed by atoms with E-state index in [2.05, 4.69) is 20.8 Å². The standard InChI is InChI=1S/C31H31ClF3N5O6/c1-18-15-24(32)27(16-25(18)36-30(43)29-37-38-39-40(29)17-20-5-7-21(44-3)8-6-20)46-14-4-13-45-26-10-9-22(19(2)41)28(42)23(26)11-12-31(33,34)35/h5-10,15-16,42H,4,11-14,17H2,1-3H3,(H,36,43). The third-order valence-electron chi connectivity index (χ3n) is 6.83. The van der Waals surface area contributed by atoms with E-state index in [1.165, 1.54) is 23.7 Å². The largest absolute Gasteiger partial charge is 0.507 e. The lowest BCUT2D eigenvalue weighted by Gasteiger charge is -2.16. The number of halogens is 4. The lowest BCUT2D eigenvalue weighted by Crippen LogP contribution is -2.20. The second-order valence-corrected chi connectivity index (χ2v) is 10.6. The van der Waals surface area contributed by atoms with Gasteiger partial charge in [0.05, 0.1) is 37.5 Å². The molecule has 4 aromatic rings. The molecule has 0 aliphatic carbocycles. The van der Waals surface area contributed by atoms with Crippen molar-refractivity contribution in [2.24, 2.45) is 0 Å². The second-order valence-electron chi connectivity index (χ2n) is 10.2. The van der Waals surface area contributed by atoms with Gasteiger partial charge in [0.25, 0.3) is 5.91 Å². The Morgan fingerprint density at radius 1 is 1.04 bits per heavy atom. The van der Waals surface area contributed by atoms with Crippen molar-refractivity contribution in [1.82, 2.24) is 20.2 Å². The minimum Gasteiger partial charge on any atom is -0.507 e. The highest BCUT2D eigenvalue weighted by Crippen LogP contribution is 2.36. The van der Waals surface area contributed by atoms with Crippen LogP contribution < -0.4 is 19.5 Å². The molecule has 11 nitrogen and oxygen atoms in total. The molecule has 244 valence electrons. The lowest BCUT2D eigenvalue weighted by atomic mass is 10.0. The number of carbonyl (C=O) groups is 2. The van der Waals surface area contributed by atoms with E-state index in [1.807, 2.05) is 12.1 Å². The molecule has 3 aromatic carbocycles. The average Bonchev–Trinajstić information content (AvgIpc) is 3.46. The fourth-order valence-corrected chi connectivity index (χ4v) is 4.70. The molecule has 1 heterocycles. The number of amides is 1. The summed E-state index contributed by atoms with van der Waals surface area (Å²) >= 11 is 6.37. The first-order valence-corrected chi connectivity index (χ1v) is 14.4. The quantitative estimate of drug-likeness (QED) is 0.120. The molecule has 2 N–H and O–H groups in total. The number of rotatable bonds is 14. The molecule has 0 unspecified atom stereocenters. The average molecular weight is 662 g/mol. The predicted octanol–water partition coefficient (Wildman–Crippen LogP) is 6.20. The van der Waals surface area contributed by atoms with Gasteiger partial charge < -0.3 is 24.6 Å². The number of methoxy groups -OCH3 is 1. The number of phenolic OH excluding ortho intramolecular Hbond substituents is 1. The van der Waals surface area contributed by atoms with E-state index in [0.29, 0.717) is 28.4 Å². The number of hydrogen-bond donors (Lipinski definition) is 2. The molecule has 0 aliphatic heterocycles. The maximum Gasteiger partial charge on any atom is 0.389 e. The van der Waals surface area contributed by atoms with Gasteiger partial charge in [-0.1, -0.05) is 23.7 Å². The van der Waals surface area contributed by atoms with E-state index in [4.69, 9.17) is 25.8 Å². The van der Waals surface area contributed by atoms with E-state index in [0.717, 1.165) is 5.56 Å². The Hall–Kier alpha value is -4.85. The zero-order valence-electron chi connectivity index (χ0n) is 25.2. The summed E-state index contributed by atoms with van der Waals surface area (Å²) < 4.78 is 56.6. The van der Waals surface area contributed by atoms with Crippen LogP contribution in [0, 0.1) is 6.92 Å². The molecular formula is C31H31ClF3N5O6. The maximum absolute atomic E-state index is 13.1. The number of hydrogen-bond acceptors (Lipinski definition) is 9. The minimum absolute atomic E-state index is 0.0123. The monoisotopic (exact) mass is 661 g/mol. The summed E-state index contributed by atoms with van der Waals surface area (Å²) in [6, 6.07) is 13.1. The number of aromatic nitrogens is 4. The van der Waals surface area contributed by atoms with Gasteiger partial charge >= 0.3 is 6.18 Å². The number of aromatic hydroxyl groups is 1. The van der Waals surface area contributed by atoms with Crippen molar-refractivity contribution >= 4 is 29.0 Å². The highest BCUT2D eigenvalue weighted by Gasteiger charge is 2.29. The van der Waals surface area contributed by atoms with Gasteiger partial charge in [-0.25, -0.2) is 4.68 Å². The highest BCUT2D eigenvalue weighted by molar-refractivity contribution is 6.32. The van der Waals surface area contributed by atoms with Gasteiger partial charge in [0.1, 0.15) is 23.0 Å². The van der Waals surface area contributed by atoms with Crippen molar-refractivity contribution in [2.45, 2.75) is 45.8 Å². The molecule has 0 aliphatic rings. The Morgan fingerprint density at radius 2 is 1.74 bits per heavy atom. The van der Waals surface area contributed by atoms with Crippen molar-refractivity contribution in [3.8, 4) is 23.0 Å². The molecule has 1 amide bonds. The number of carbonyl (C=O) groups excluding carboxylic acids is 2. The summed E-state index contributed by atoms with van der Waals surface area (Å²) in [5.74, 6) is -0.568. The van der Waals surface area contributed by atoms with Crippen LogP contribution in [0.1, 0.15) is 57.4 Å². The number of Topliss-reactive ketones (excluding diaryl/α,β-unsaturated/α-hetero) is 1. The Labute approximate surface area is 267 Å². The summed E-state index contributed by atoms with van der Waals surface area (Å²) in [5, 5.41) is 24.9. The van der Waals surface area contributed by atoms with E-state index in [-0.39, 0.29) is 48.2 Å². The predicted molar refractivity (Wildman–Crippen MR) is 162 cm³/mol. The van der Waals surface area contributed by atoms with Crippen LogP contribution in [0.5, 0.6) is 23.0 Å². The zero-order chi connectivity index (χ0) is 33.4. The smallest absolute Gasteiger partial charge is 0.389 e. The summed E-state index contributed by atoms with van der Waals surface area (Å²) in [6.07, 6.45) is -5.91. The van der Waals surface area contributed by atoms with Crippen molar-refractivity contribution in [3.63, 3.8) is 0 Å². The van der Waals surface area contributed by atoms with Crippen LogP contribution >= 0.6 is 11.6 Å². The molecular weight excluding hydrogens is 631 g/mol. The molecule has 0 atom stereocenters. The van der Waals surface area contributed by atoms with Gasteiger partial charge in [-0.3, -0.25) is 9.59 Å². The van der Waals surface area contributed by atoms with Crippen LogP contribution in [-0.4, -0.2) is 63.5 Å². The third kappa shape index (κ3) is 8.87. The number of alkyl halides is 3. The number of tetrazole rings is 1. The molecule has 15 heteroatoms. The number of phenols is 1. The number of aryl methyl sites for hydroxylation is 1. The molecule has 0 radical (unpaired) electrons. The highest BCUT2D eigenvalue weighted by atomic mass is 35.5. The van der Waals surface area contributed by atoms with Gasteiger partial charge in [0.15, 0.2) is 5.78 Å². The third-order valence-corrected chi connectivity index (χ3v) is 7.13. The van der Waals surface area contributed by atoms with Crippen LogP contribution in [0.2, 0.25) is 5.02 Å².